The van der Waals surface area contributed by atoms with Crippen LogP contribution < -0.4 is 15.4 Å². The van der Waals surface area contributed by atoms with Crippen LogP contribution in [0.1, 0.15) is 17.7 Å². The first-order valence-corrected chi connectivity index (χ1v) is 9.75. The Labute approximate surface area is 158 Å². The fourth-order valence-electron chi connectivity index (χ4n) is 3.38. The average molecular weight is 375 g/mol. The van der Waals surface area contributed by atoms with Gasteiger partial charge in [-0.15, -0.1) is 11.3 Å². The molecule has 0 atom stereocenters. The van der Waals surface area contributed by atoms with Crippen LogP contribution in [0.2, 0.25) is 0 Å². The van der Waals surface area contributed by atoms with E-state index in [0.717, 1.165) is 47.7 Å². The fourth-order valence-corrected chi connectivity index (χ4v) is 4.21. The van der Waals surface area contributed by atoms with Crippen molar-refractivity contribution in [1.29, 1.82) is 0 Å². The summed E-state index contributed by atoms with van der Waals surface area (Å²) in [4.78, 5) is 13.9. The SMILES string of the molecule is COCC1(C(=O)NCc2cc(-c3ccc(OC)cc3)cs2)CCNCC1. The van der Waals surface area contributed by atoms with E-state index in [1.54, 1.807) is 25.6 Å². The smallest absolute Gasteiger partial charge is 0.228 e. The summed E-state index contributed by atoms with van der Waals surface area (Å²) in [6.45, 7) is 2.75. The highest BCUT2D eigenvalue weighted by Crippen LogP contribution is 2.30. The number of thiophene rings is 1. The van der Waals surface area contributed by atoms with Gasteiger partial charge in [0.05, 0.1) is 25.7 Å². The van der Waals surface area contributed by atoms with Gasteiger partial charge < -0.3 is 20.1 Å². The molecule has 2 heterocycles. The highest BCUT2D eigenvalue weighted by atomic mass is 32.1. The van der Waals surface area contributed by atoms with Crippen molar-refractivity contribution in [1.82, 2.24) is 10.6 Å². The summed E-state index contributed by atoms with van der Waals surface area (Å²) in [5.41, 5.74) is 1.90. The summed E-state index contributed by atoms with van der Waals surface area (Å²) in [6, 6.07) is 10.1. The molecule has 2 N–H and O–H groups in total. The number of ether oxygens (including phenoxy) is 2. The molecule has 0 spiro atoms. The maximum atomic E-state index is 12.8. The van der Waals surface area contributed by atoms with Crippen molar-refractivity contribution in [2.75, 3.05) is 33.9 Å². The van der Waals surface area contributed by atoms with E-state index in [9.17, 15) is 4.79 Å². The molecule has 1 aliphatic heterocycles. The van der Waals surface area contributed by atoms with Crippen molar-refractivity contribution < 1.29 is 14.3 Å². The molecule has 1 aromatic carbocycles. The minimum Gasteiger partial charge on any atom is -0.497 e. The van der Waals surface area contributed by atoms with Gasteiger partial charge in [-0.25, -0.2) is 0 Å². The Hall–Kier alpha value is -1.89. The van der Waals surface area contributed by atoms with Gasteiger partial charge in [0.25, 0.3) is 0 Å². The lowest BCUT2D eigenvalue weighted by molar-refractivity contribution is -0.136. The standard InChI is InChI=1S/C20H26N2O3S/c1-24-14-20(7-9-21-10-8-20)19(23)22-12-18-11-16(13-26-18)15-3-5-17(25-2)6-4-15/h3-6,11,13,21H,7-10,12,14H2,1-2H3,(H,22,23). The third kappa shape index (κ3) is 4.26. The molecule has 26 heavy (non-hydrogen) atoms. The van der Waals surface area contributed by atoms with Crippen LogP contribution in [0.15, 0.2) is 35.7 Å². The van der Waals surface area contributed by atoms with E-state index in [4.69, 9.17) is 9.47 Å². The zero-order chi connectivity index (χ0) is 18.4. The van der Waals surface area contributed by atoms with Crippen molar-refractivity contribution >= 4 is 17.2 Å². The minimum absolute atomic E-state index is 0.0975. The summed E-state index contributed by atoms with van der Waals surface area (Å²) in [5.74, 6) is 0.946. The number of nitrogens with one attached hydrogen (secondary N) is 2. The third-order valence-corrected chi connectivity index (χ3v) is 5.90. The molecule has 3 rings (SSSR count). The molecular weight excluding hydrogens is 348 g/mol. The van der Waals surface area contributed by atoms with Crippen LogP contribution in [0.5, 0.6) is 5.75 Å². The molecule has 5 nitrogen and oxygen atoms in total. The topological polar surface area (TPSA) is 59.6 Å². The molecule has 140 valence electrons. The van der Waals surface area contributed by atoms with E-state index in [0.29, 0.717) is 13.2 Å². The predicted octanol–water partition coefficient (Wildman–Crippen LogP) is 3.06. The summed E-state index contributed by atoms with van der Waals surface area (Å²) in [5, 5.41) is 8.56. The van der Waals surface area contributed by atoms with E-state index < -0.39 is 5.41 Å². The Kier molecular flexibility index (Phi) is 6.29. The van der Waals surface area contributed by atoms with Gasteiger partial charge in [-0.05, 0) is 60.6 Å². The van der Waals surface area contributed by atoms with Crippen molar-refractivity contribution in [2.45, 2.75) is 19.4 Å². The molecule has 1 saturated heterocycles. The van der Waals surface area contributed by atoms with Crippen LogP contribution in [0, 0.1) is 5.41 Å². The molecule has 1 fully saturated rings. The highest BCUT2D eigenvalue weighted by Gasteiger charge is 2.39. The van der Waals surface area contributed by atoms with E-state index in [-0.39, 0.29) is 5.91 Å². The van der Waals surface area contributed by atoms with Crippen LogP contribution in [0.3, 0.4) is 0 Å². The molecule has 2 aromatic rings. The Morgan fingerprint density at radius 1 is 1.19 bits per heavy atom. The van der Waals surface area contributed by atoms with E-state index in [2.05, 4.69) is 22.1 Å². The highest BCUT2D eigenvalue weighted by molar-refractivity contribution is 7.10. The minimum atomic E-state index is -0.407. The number of carbonyl (C=O) groups is 1. The fraction of sp³-hybridized carbons (Fsp3) is 0.450. The second-order valence-corrected chi connectivity index (χ2v) is 7.67. The lowest BCUT2D eigenvalue weighted by Gasteiger charge is -2.35. The molecule has 1 amide bonds. The molecule has 0 saturated carbocycles. The molecule has 0 bridgehead atoms. The Balaban J connectivity index is 1.62. The van der Waals surface area contributed by atoms with Crippen LogP contribution in [-0.4, -0.2) is 39.8 Å². The lowest BCUT2D eigenvalue weighted by atomic mass is 9.78. The number of rotatable bonds is 7. The lowest BCUT2D eigenvalue weighted by Crippen LogP contribution is -2.49. The third-order valence-electron chi connectivity index (χ3n) is 4.96. The molecule has 0 unspecified atom stereocenters. The molecule has 0 aliphatic carbocycles. The average Bonchev–Trinajstić information content (AvgIpc) is 3.16. The van der Waals surface area contributed by atoms with Gasteiger partial charge in [-0.1, -0.05) is 12.1 Å². The van der Waals surface area contributed by atoms with E-state index in [1.165, 1.54) is 0 Å². The van der Waals surface area contributed by atoms with Gasteiger partial charge in [0, 0.05) is 12.0 Å². The van der Waals surface area contributed by atoms with Crippen LogP contribution in [0.4, 0.5) is 0 Å². The van der Waals surface area contributed by atoms with Gasteiger partial charge >= 0.3 is 0 Å². The van der Waals surface area contributed by atoms with Crippen LogP contribution in [0.25, 0.3) is 11.1 Å². The summed E-state index contributed by atoms with van der Waals surface area (Å²) in [7, 11) is 3.33. The summed E-state index contributed by atoms with van der Waals surface area (Å²) < 4.78 is 10.5. The number of piperidine rings is 1. The number of amides is 1. The van der Waals surface area contributed by atoms with Crippen LogP contribution in [-0.2, 0) is 16.1 Å². The van der Waals surface area contributed by atoms with Crippen molar-refractivity contribution in [3.8, 4) is 16.9 Å². The maximum Gasteiger partial charge on any atom is 0.228 e. The first-order valence-electron chi connectivity index (χ1n) is 8.87. The molecule has 1 aromatic heterocycles. The van der Waals surface area contributed by atoms with Gasteiger partial charge in [-0.3, -0.25) is 4.79 Å². The van der Waals surface area contributed by atoms with Crippen molar-refractivity contribution in [2.24, 2.45) is 5.41 Å². The van der Waals surface area contributed by atoms with Crippen molar-refractivity contribution in [3.63, 3.8) is 0 Å². The van der Waals surface area contributed by atoms with Gasteiger partial charge in [-0.2, -0.15) is 0 Å². The van der Waals surface area contributed by atoms with E-state index in [1.807, 2.05) is 24.3 Å². The largest absolute Gasteiger partial charge is 0.497 e. The summed E-state index contributed by atoms with van der Waals surface area (Å²) in [6.07, 6.45) is 1.63. The zero-order valence-corrected chi connectivity index (χ0v) is 16.2. The first-order chi connectivity index (χ1) is 12.7. The monoisotopic (exact) mass is 374 g/mol. The Bertz CT molecular complexity index is 715. The number of methoxy groups -OCH3 is 2. The number of hydrogen-bond acceptors (Lipinski definition) is 5. The number of carbonyl (C=O) groups excluding carboxylic acids is 1. The Morgan fingerprint density at radius 3 is 2.58 bits per heavy atom. The zero-order valence-electron chi connectivity index (χ0n) is 15.3. The molecule has 6 heteroatoms. The van der Waals surface area contributed by atoms with Crippen LogP contribution >= 0.6 is 11.3 Å². The van der Waals surface area contributed by atoms with E-state index >= 15 is 0 Å². The molecule has 0 radical (unpaired) electrons. The quantitative estimate of drug-likeness (QED) is 0.782. The van der Waals surface area contributed by atoms with Crippen molar-refractivity contribution in [3.05, 3.63) is 40.6 Å². The predicted molar refractivity (Wildman–Crippen MR) is 105 cm³/mol. The summed E-state index contributed by atoms with van der Waals surface area (Å²) >= 11 is 1.67. The van der Waals surface area contributed by atoms with Gasteiger partial charge in [0.15, 0.2) is 0 Å². The molecular formula is C20H26N2O3S. The Morgan fingerprint density at radius 2 is 1.92 bits per heavy atom. The first kappa shape index (κ1) is 18.9. The normalized spacial score (nSPS) is 16.2. The maximum absolute atomic E-state index is 12.8. The number of benzene rings is 1. The van der Waals surface area contributed by atoms with Gasteiger partial charge in [0.1, 0.15) is 5.75 Å². The molecule has 1 aliphatic rings. The van der Waals surface area contributed by atoms with Gasteiger partial charge in [0.2, 0.25) is 5.91 Å². The number of hydrogen-bond donors (Lipinski definition) is 2. The second kappa shape index (κ2) is 8.66. The second-order valence-electron chi connectivity index (χ2n) is 6.68.